The third kappa shape index (κ3) is 2.44. The summed E-state index contributed by atoms with van der Waals surface area (Å²) in [6.07, 6.45) is 1.55. The number of ether oxygens (including phenoxy) is 1. The quantitative estimate of drug-likeness (QED) is 0.338. The van der Waals surface area contributed by atoms with Crippen molar-refractivity contribution in [2.75, 3.05) is 13.2 Å². The smallest absolute Gasteiger partial charge is 0.399 e. The molecule has 0 aromatic carbocycles. The van der Waals surface area contributed by atoms with Gasteiger partial charge in [-0.3, -0.25) is 4.79 Å². The summed E-state index contributed by atoms with van der Waals surface area (Å²) in [5.41, 5.74) is 5.02. The lowest BCUT2D eigenvalue weighted by Gasteiger charge is -2.04. The van der Waals surface area contributed by atoms with Crippen molar-refractivity contribution in [3.05, 3.63) is 0 Å². The summed E-state index contributed by atoms with van der Waals surface area (Å²) in [5.74, 6) is -3.92. The highest BCUT2D eigenvalue weighted by molar-refractivity contribution is 5.88. The van der Waals surface area contributed by atoms with Gasteiger partial charge in [-0.05, 0) is 6.42 Å². The molecule has 1 aliphatic heterocycles. The van der Waals surface area contributed by atoms with Gasteiger partial charge in [-0.15, -0.1) is 5.06 Å². The highest BCUT2D eigenvalue weighted by Crippen LogP contribution is 2.32. The molecule has 1 rings (SSSR count). The van der Waals surface area contributed by atoms with Crippen LogP contribution in [-0.4, -0.2) is 41.1 Å². The maximum atomic E-state index is 11.2. The molecular formula is C8H14N2O5. The number of esters is 1. The van der Waals surface area contributed by atoms with E-state index < -0.39 is 17.8 Å². The molecule has 0 spiro atoms. The number of amides is 1. The van der Waals surface area contributed by atoms with Crippen LogP contribution in [0.3, 0.4) is 0 Å². The van der Waals surface area contributed by atoms with Gasteiger partial charge < -0.3 is 15.6 Å². The first-order valence-corrected chi connectivity index (χ1v) is 4.68. The van der Waals surface area contributed by atoms with Gasteiger partial charge in [0.25, 0.3) is 5.91 Å². The molecule has 3 N–H and O–H groups in total. The molecule has 1 saturated heterocycles. The number of hydroxylamine groups is 2. The fourth-order valence-corrected chi connectivity index (χ4v) is 0.933. The lowest BCUT2D eigenvalue weighted by Crippen LogP contribution is -2.36. The van der Waals surface area contributed by atoms with Crippen molar-refractivity contribution >= 4 is 11.9 Å². The fourth-order valence-electron chi connectivity index (χ4n) is 0.933. The van der Waals surface area contributed by atoms with Gasteiger partial charge in [-0.25, -0.2) is 4.79 Å². The summed E-state index contributed by atoms with van der Waals surface area (Å²) in [4.78, 5) is 26.6. The maximum Gasteiger partial charge on any atom is 0.399 e. The number of carbonyl (C=O) groups excluding carboxylic acids is 2. The van der Waals surface area contributed by atoms with E-state index in [2.05, 4.69) is 9.57 Å². The molecule has 1 amide bonds. The second kappa shape index (κ2) is 4.56. The van der Waals surface area contributed by atoms with Gasteiger partial charge in [0.05, 0.1) is 13.2 Å². The molecule has 1 heterocycles. The predicted molar refractivity (Wildman–Crippen MR) is 47.8 cm³/mol. The molecule has 0 radical (unpaired) electrons. The van der Waals surface area contributed by atoms with Crippen molar-refractivity contribution < 1.29 is 24.3 Å². The first-order valence-electron chi connectivity index (χ1n) is 4.68. The number of aliphatic hydroxyl groups is 1. The number of hydrogen-bond donors (Lipinski definition) is 2. The summed E-state index contributed by atoms with van der Waals surface area (Å²) in [5, 5.41) is 9.91. The van der Waals surface area contributed by atoms with Gasteiger partial charge in [0, 0.05) is 0 Å². The van der Waals surface area contributed by atoms with Crippen LogP contribution in [0.25, 0.3) is 0 Å². The Labute approximate surface area is 86.7 Å². The molecule has 1 atom stereocenters. The lowest BCUT2D eigenvalue weighted by atomic mass is 10.4. The second-order valence-corrected chi connectivity index (χ2v) is 3.08. The van der Waals surface area contributed by atoms with Crippen molar-refractivity contribution in [1.29, 1.82) is 0 Å². The zero-order valence-electron chi connectivity index (χ0n) is 8.43. The van der Waals surface area contributed by atoms with Gasteiger partial charge in [-0.2, -0.15) is 4.84 Å². The minimum absolute atomic E-state index is 0.186. The average Bonchev–Trinajstić information content (AvgIpc) is 2.91. The summed E-state index contributed by atoms with van der Waals surface area (Å²) in [6.45, 7) is 1.77. The van der Waals surface area contributed by atoms with Crippen molar-refractivity contribution in [3.8, 4) is 0 Å². The summed E-state index contributed by atoms with van der Waals surface area (Å²) in [7, 11) is 0. The highest BCUT2D eigenvalue weighted by atomic mass is 17.0. The Morgan fingerprint density at radius 1 is 1.60 bits per heavy atom. The average molecular weight is 218 g/mol. The van der Waals surface area contributed by atoms with E-state index in [0.717, 1.165) is 6.42 Å². The molecule has 0 saturated carbocycles. The topological polar surface area (TPSA) is 105 Å². The zero-order chi connectivity index (χ0) is 11.5. The third-order valence-corrected chi connectivity index (χ3v) is 1.86. The standard InChI is InChI=1S/C8H14N2O5/c1-2-3-4-14-7(12)8(13)10(15-8)6(11)5-9/h13H,2-5,9H2,1H3. The molecule has 7 nitrogen and oxygen atoms in total. The first kappa shape index (κ1) is 11.9. The molecule has 15 heavy (non-hydrogen) atoms. The van der Waals surface area contributed by atoms with Crippen LogP contribution >= 0.6 is 0 Å². The molecule has 0 bridgehead atoms. The van der Waals surface area contributed by atoms with Crippen molar-refractivity contribution in [2.45, 2.75) is 25.7 Å². The molecular weight excluding hydrogens is 204 g/mol. The van der Waals surface area contributed by atoms with Crippen LogP contribution in [0.2, 0.25) is 0 Å². The SMILES string of the molecule is CCCCOC(=O)C1(O)ON1C(=O)CN. The monoisotopic (exact) mass is 218 g/mol. The van der Waals surface area contributed by atoms with Crippen molar-refractivity contribution in [2.24, 2.45) is 5.73 Å². The molecule has 1 fully saturated rings. The van der Waals surface area contributed by atoms with E-state index in [9.17, 15) is 14.7 Å². The molecule has 1 unspecified atom stereocenters. The summed E-state index contributed by atoms with van der Waals surface area (Å²) < 4.78 is 4.69. The van der Waals surface area contributed by atoms with Crippen LogP contribution in [0.15, 0.2) is 0 Å². The number of hydrogen-bond acceptors (Lipinski definition) is 6. The third-order valence-electron chi connectivity index (χ3n) is 1.86. The molecule has 0 aliphatic carbocycles. The van der Waals surface area contributed by atoms with E-state index in [1.54, 1.807) is 0 Å². The maximum absolute atomic E-state index is 11.2. The predicted octanol–water partition coefficient (Wildman–Crippen LogP) is -1.29. The van der Waals surface area contributed by atoms with E-state index in [1.807, 2.05) is 6.92 Å². The van der Waals surface area contributed by atoms with Crippen LogP contribution in [0, 0.1) is 0 Å². The molecule has 7 heteroatoms. The molecule has 86 valence electrons. The van der Waals surface area contributed by atoms with E-state index in [-0.39, 0.29) is 13.2 Å². The minimum atomic E-state index is -2.26. The Hall–Kier alpha value is -1.18. The second-order valence-electron chi connectivity index (χ2n) is 3.08. The van der Waals surface area contributed by atoms with E-state index in [1.165, 1.54) is 0 Å². The number of carbonyl (C=O) groups is 2. The van der Waals surface area contributed by atoms with Gasteiger partial charge in [0.1, 0.15) is 0 Å². The van der Waals surface area contributed by atoms with E-state index >= 15 is 0 Å². The molecule has 1 aliphatic rings. The van der Waals surface area contributed by atoms with Gasteiger partial charge >= 0.3 is 11.9 Å². The molecule has 0 aromatic rings. The number of nitrogens with zero attached hydrogens (tertiary/aromatic N) is 1. The van der Waals surface area contributed by atoms with Crippen LogP contribution < -0.4 is 5.73 Å². The van der Waals surface area contributed by atoms with Gasteiger partial charge in [-0.1, -0.05) is 13.3 Å². The minimum Gasteiger partial charge on any atom is -0.460 e. The molecule has 0 aromatic heterocycles. The number of unbranched alkanes of at least 4 members (excludes halogenated alkanes) is 1. The highest BCUT2D eigenvalue weighted by Gasteiger charge is 2.65. The normalized spacial score (nSPS) is 23.8. The Kier molecular flexibility index (Phi) is 3.61. The number of rotatable bonds is 5. The van der Waals surface area contributed by atoms with Crippen LogP contribution in [-0.2, 0) is 19.2 Å². The Morgan fingerprint density at radius 3 is 2.80 bits per heavy atom. The van der Waals surface area contributed by atoms with Gasteiger partial charge in [0.2, 0.25) is 0 Å². The van der Waals surface area contributed by atoms with E-state index in [4.69, 9.17) is 5.73 Å². The van der Waals surface area contributed by atoms with Crippen LogP contribution in [0.4, 0.5) is 0 Å². The van der Waals surface area contributed by atoms with Crippen molar-refractivity contribution in [1.82, 2.24) is 5.06 Å². The summed E-state index contributed by atoms with van der Waals surface area (Å²) >= 11 is 0. The Morgan fingerprint density at radius 2 is 2.27 bits per heavy atom. The lowest BCUT2D eigenvalue weighted by molar-refractivity contribution is -0.166. The van der Waals surface area contributed by atoms with Gasteiger partial charge in [0.15, 0.2) is 0 Å². The summed E-state index contributed by atoms with van der Waals surface area (Å²) in [6, 6.07) is 0. The number of nitrogens with two attached hydrogens (primary N) is 1. The van der Waals surface area contributed by atoms with Crippen molar-refractivity contribution in [3.63, 3.8) is 0 Å². The zero-order valence-corrected chi connectivity index (χ0v) is 8.43. The Bertz CT molecular complexity index is 270. The largest absolute Gasteiger partial charge is 0.460 e. The van der Waals surface area contributed by atoms with Crippen LogP contribution in [0.1, 0.15) is 19.8 Å². The fraction of sp³-hybridized carbons (Fsp3) is 0.750. The van der Waals surface area contributed by atoms with Crippen LogP contribution in [0.5, 0.6) is 0 Å². The Balaban J connectivity index is 2.38. The van der Waals surface area contributed by atoms with E-state index in [0.29, 0.717) is 11.5 Å². The first-order chi connectivity index (χ1) is 7.06.